The fraction of sp³-hybridized carbons (Fsp3) is 0.417. The maximum Gasteiger partial charge on any atom is 0.284 e. The van der Waals surface area contributed by atoms with Gasteiger partial charge in [0.2, 0.25) is 0 Å². The Kier molecular flexibility index (Phi) is 4.86. The Balaban J connectivity index is 1.38. The van der Waals surface area contributed by atoms with Gasteiger partial charge in [0, 0.05) is 22.2 Å². The van der Waals surface area contributed by atoms with Crippen molar-refractivity contribution in [2.75, 3.05) is 0 Å². The first-order valence-corrected chi connectivity index (χ1v) is 11.1. The van der Waals surface area contributed by atoms with Gasteiger partial charge in [0.1, 0.15) is 12.4 Å². The number of benzene rings is 2. The average Bonchev–Trinajstić information content (AvgIpc) is 3.43. The number of fused-ring (bicyclic) bond motifs is 3. The molecule has 0 bridgehead atoms. The van der Waals surface area contributed by atoms with Gasteiger partial charge in [0.25, 0.3) is 5.66 Å². The second-order valence-corrected chi connectivity index (χ2v) is 9.18. The lowest BCUT2D eigenvalue weighted by atomic mass is 9.91. The topological polar surface area (TPSA) is 25.0 Å². The Morgan fingerprint density at radius 2 is 1.86 bits per heavy atom. The normalized spacial score (nSPS) is 17.2. The Morgan fingerprint density at radius 1 is 1.03 bits per heavy atom. The molecule has 1 atom stereocenters. The molecule has 0 spiro atoms. The Bertz CT molecular complexity index is 1050. The number of ether oxygens (including phenoxy) is 1. The summed E-state index contributed by atoms with van der Waals surface area (Å²) in [6.07, 6.45) is 7.68. The smallest absolute Gasteiger partial charge is 0.284 e. The number of hydrogen-bond acceptors (Lipinski definition) is 1. The molecule has 5 rings (SSSR count). The molecule has 2 nitrogen and oxygen atoms in total. The third-order valence-electron chi connectivity index (χ3n) is 6.50. The van der Waals surface area contributed by atoms with Gasteiger partial charge in [-0.25, -0.2) is 0 Å². The third kappa shape index (κ3) is 3.68. The molecule has 2 aliphatic carbocycles. The van der Waals surface area contributed by atoms with E-state index in [1.165, 1.54) is 23.1 Å². The van der Waals surface area contributed by atoms with E-state index in [2.05, 4.69) is 17.1 Å². The van der Waals surface area contributed by atoms with Crippen LogP contribution in [0.3, 0.4) is 0 Å². The Hall–Kier alpha value is -1.93. The highest BCUT2D eigenvalue weighted by molar-refractivity contribution is 7.17. The molecular formula is C24H26F2NOP. The van der Waals surface area contributed by atoms with E-state index in [4.69, 9.17) is 4.74 Å². The summed E-state index contributed by atoms with van der Waals surface area (Å²) < 4.78 is 34.6. The second-order valence-electron chi connectivity index (χ2n) is 8.46. The molecule has 1 heterocycles. The van der Waals surface area contributed by atoms with Crippen LogP contribution in [0.25, 0.3) is 10.9 Å². The van der Waals surface area contributed by atoms with E-state index in [-0.39, 0.29) is 18.1 Å². The molecule has 1 N–H and O–H groups in total. The van der Waals surface area contributed by atoms with Crippen LogP contribution >= 0.6 is 9.24 Å². The monoisotopic (exact) mass is 413 g/mol. The van der Waals surface area contributed by atoms with E-state index >= 15 is 0 Å². The standard InChI is InChI=1S/C24H26F2NOP/c25-24(26,29)21-12-15(8-10-18(21)16-4-1-2-5-16)14-28-17-9-11-23-20(13-17)19-6-3-7-22(19)27-23/h8-13,16,27H,1-7,14,29H2. The summed E-state index contributed by atoms with van der Waals surface area (Å²) in [6.45, 7) is 0.289. The number of aromatic amines is 1. The number of hydrogen-bond donors (Lipinski definition) is 1. The molecule has 1 fully saturated rings. The van der Waals surface area contributed by atoms with Crippen LogP contribution in [-0.2, 0) is 25.1 Å². The zero-order chi connectivity index (χ0) is 20.0. The third-order valence-corrected chi connectivity index (χ3v) is 6.81. The molecule has 2 aliphatic rings. The van der Waals surface area contributed by atoms with Crippen LogP contribution in [0.15, 0.2) is 36.4 Å². The molecule has 1 saturated carbocycles. The van der Waals surface area contributed by atoms with Gasteiger partial charge >= 0.3 is 0 Å². The first-order chi connectivity index (χ1) is 14.0. The number of halogens is 2. The second kappa shape index (κ2) is 7.40. The van der Waals surface area contributed by atoms with Crippen LogP contribution in [0.2, 0.25) is 0 Å². The summed E-state index contributed by atoms with van der Waals surface area (Å²) in [5.41, 5.74) is 2.68. The fourth-order valence-electron chi connectivity index (χ4n) is 5.05. The quantitative estimate of drug-likeness (QED) is 0.456. The van der Waals surface area contributed by atoms with Crippen molar-refractivity contribution in [1.82, 2.24) is 4.98 Å². The summed E-state index contributed by atoms with van der Waals surface area (Å²) in [5, 5.41) is 1.23. The zero-order valence-electron chi connectivity index (χ0n) is 16.4. The minimum absolute atomic E-state index is 0.134. The first-order valence-electron chi connectivity index (χ1n) is 10.6. The van der Waals surface area contributed by atoms with Gasteiger partial charge in [0.05, 0.1) is 0 Å². The van der Waals surface area contributed by atoms with Crippen molar-refractivity contribution in [3.63, 3.8) is 0 Å². The molecule has 0 saturated heterocycles. The van der Waals surface area contributed by atoms with Crippen molar-refractivity contribution in [1.29, 1.82) is 0 Å². The average molecular weight is 413 g/mol. The minimum Gasteiger partial charge on any atom is -0.489 e. The fourth-order valence-corrected chi connectivity index (χ4v) is 5.30. The van der Waals surface area contributed by atoms with Crippen molar-refractivity contribution in [3.05, 3.63) is 64.3 Å². The first kappa shape index (κ1) is 19.1. The SMILES string of the molecule is FC(F)(P)c1cc(COc2ccc3[nH]c4c(c3c2)CCC4)ccc1C1CCCC1. The van der Waals surface area contributed by atoms with E-state index in [1.807, 2.05) is 18.2 Å². The van der Waals surface area contributed by atoms with E-state index in [9.17, 15) is 8.78 Å². The number of aryl methyl sites for hydroxylation is 2. The molecular weight excluding hydrogens is 387 g/mol. The molecule has 0 aliphatic heterocycles. The summed E-state index contributed by atoms with van der Waals surface area (Å²) in [4.78, 5) is 3.49. The predicted octanol–water partition coefficient (Wildman–Crippen LogP) is 6.82. The van der Waals surface area contributed by atoms with Gasteiger partial charge in [-0.3, -0.25) is 0 Å². The lowest BCUT2D eigenvalue weighted by Crippen LogP contribution is -2.11. The number of H-pyrrole nitrogens is 1. The lowest BCUT2D eigenvalue weighted by Gasteiger charge is -2.21. The van der Waals surface area contributed by atoms with Crippen LogP contribution in [0.1, 0.15) is 66.0 Å². The minimum atomic E-state index is -2.92. The van der Waals surface area contributed by atoms with Crippen molar-refractivity contribution in [2.24, 2.45) is 0 Å². The molecule has 3 aromatic rings. The van der Waals surface area contributed by atoms with Crippen LogP contribution in [0, 0.1) is 0 Å². The molecule has 2 aromatic carbocycles. The van der Waals surface area contributed by atoms with Crippen molar-refractivity contribution in [3.8, 4) is 5.75 Å². The highest BCUT2D eigenvalue weighted by Gasteiger charge is 2.31. The van der Waals surface area contributed by atoms with Crippen LogP contribution in [0.5, 0.6) is 5.75 Å². The van der Waals surface area contributed by atoms with Crippen LogP contribution in [0.4, 0.5) is 8.78 Å². The molecule has 1 unspecified atom stereocenters. The van der Waals surface area contributed by atoms with E-state index in [0.717, 1.165) is 60.9 Å². The molecule has 29 heavy (non-hydrogen) atoms. The van der Waals surface area contributed by atoms with Gasteiger partial charge in [-0.2, -0.15) is 8.78 Å². The predicted molar refractivity (Wildman–Crippen MR) is 116 cm³/mol. The van der Waals surface area contributed by atoms with E-state index in [0.29, 0.717) is 0 Å². The van der Waals surface area contributed by atoms with Gasteiger partial charge in [0.15, 0.2) is 0 Å². The number of aromatic nitrogens is 1. The van der Waals surface area contributed by atoms with Crippen molar-refractivity contribution < 1.29 is 13.5 Å². The Labute approximate surface area is 172 Å². The molecule has 0 radical (unpaired) electrons. The van der Waals surface area contributed by atoms with Gasteiger partial charge in [-0.15, -0.1) is 0 Å². The van der Waals surface area contributed by atoms with Crippen LogP contribution < -0.4 is 4.74 Å². The van der Waals surface area contributed by atoms with E-state index in [1.54, 1.807) is 15.3 Å². The zero-order valence-corrected chi connectivity index (χ0v) is 17.6. The molecule has 152 valence electrons. The molecule has 0 amide bonds. The lowest BCUT2D eigenvalue weighted by molar-refractivity contribution is 0.102. The van der Waals surface area contributed by atoms with Gasteiger partial charge < -0.3 is 9.72 Å². The number of alkyl halides is 2. The highest BCUT2D eigenvalue weighted by Crippen LogP contribution is 2.44. The summed E-state index contributed by atoms with van der Waals surface area (Å²) in [6, 6.07) is 11.5. The largest absolute Gasteiger partial charge is 0.489 e. The van der Waals surface area contributed by atoms with Crippen molar-refractivity contribution >= 4 is 20.1 Å². The number of nitrogens with one attached hydrogen (secondary N) is 1. The molecule has 1 aromatic heterocycles. The summed E-state index contributed by atoms with van der Waals surface area (Å²) in [7, 11) is 1.71. The van der Waals surface area contributed by atoms with Gasteiger partial charge in [-0.1, -0.05) is 34.2 Å². The highest BCUT2D eigenvalue weighted by atomic mass is 31.0. The van der Waals surface area contributed by atoms with Crippen molar-refractivity contribution in [2.45, 2.75) is 63.1 Å². The van der Waals surface area contributed by atoms with Crippen LogP contribution in [-0.4, -0.2) is 4.98 Å². The maximum atomic E-state index is 14.3. The molecule has 5 heteroatoms. The maximum absolute atomic E-state index is 14.3. The Morgan fingerprint density at radius 3 is 2.66 bits per heavy atom. The number of rotatable bonds is 5. The van der Waals surface area contributed by atoms with E-state index < -0.39 is 5.66 Å². The van der Waals surface area contributed by atoms with Gasteiger partial charge in [-0.05, 0) is 79.0 Å². The summed E-state index contributed by atoms with van der Waals surface area (Å²) >= 11 is 0. The summed E-state index contributed by atoms with van der Waals surface area (Å²) in [5.74, 6) is 1.04.